The number of rotatable bonds is 6. The van der Waals surface area contributed by atoms with Gasteiger partial charge < -0.3 is 9.47 Å². The average Bonchev–Trinajstić information content (AvgIpc) is 3.03. The molecule has 0 saturated heterocycles. The van der Waals surface area contributed by atoms with Gasteiger partial charge in [-0.2, -0.15) is 10.1 Å². The van der Waals surface area contributed by atoms with Gasteiger partial charge in [0.1, 0.15) is 6.20 Å². The summed E-state index contributed by atoms with van der Waals surface area (Å²) in [5.74, 6) is -0.175. The van der Waals surface area contributed by atoms with Crippen LogP contribution in [-0.4, -0.2) is 40.1 Å². The summed E-state index contributed by atoms with van der Waals surface area (Å²) in [5.41, 5.74) is 1.01. The minimum atomic E-state index is -0.556. The minimum absolute atomic E-state index is 0.149. The summed E-state index contributed by atoms with van der Waals surface area (Å²) in [7, 11) is 1.44. The number of aromatic nitrogens is 1. The Bertz CT molecular complexity index is 1190. The molecule has 0 aliphatic carbocycles. The predicted molar refractivity (Wildman–Crippen MR) is 108 cm³/mol. The summed E-state index contributed by atoms with van der Waals surface area (Å²) in [6, 6.07) is 14.0. The van der Waals surface area contributed by atoms with Crippen LogP contribution in [0, 0.1) is 10.1 Å². The van der Waals surface area contributed by atoms with Gasteiger partial charge >= 0.3 is 0 Å². The minimum Gasteiger partial charge on any atom is -0.493 e. The summed E-state index contributed by atoms with van der Waals surface area (Å²) < 4.78 is 10.9. The number of imide groups is 1. The molecule has 4 rings (SSSR count). The van der Waals surface area contributed by atoms with E-state index in [0.717, 1.165) is 11.2 Å². The molecule has 31 heavy (non-hydrogen) atoms. The first-order valence-electron chi connectivity index (χ1n) is 8.96. The van der Waals surface area contributed by atoms with E-state index in [1.807, 2.05) is 0 Å². The summed E-state index contributed by atoms with van der Waals surface area (Å²) in [6.45, 7) is 0. The number of pyridine rings is 1. The number of hydrazone groups is 1. The average molecular weight is 418 g/mol. The van der Waals surface area contributed by atoms with Gasteiger partial charge in [-0.05, 0) is 35.9 Å². The van der Waals surface area contributed by atoms with Crippen LogP contribution >= 0.6 is 0 Å². The molecule has 0 spiro atoms. The van der Waals surface area contributed by atoms with Crippen molar-refractivity contribution in [3.8, 4) is 17.4 Å². The molecule has 0 atom stereocenters. The zero-order chi connectivity index (χ0) is 22.0. The number of methoxy groups -OCH3 is 1. The van der Waals surface area contributed by atoms with E-state index in [-0.39, 0.29) is 11.6 Å². The van der Waals surface area contributed by atoms with Crippen molar-refractivity contribution >= 4 is 23.7 Å². The lowest BCUT2D eigenvalue weighted by molar-refractivity contribution is -0.385. The fraction of sp³-hybridized carbons (Fsp3) is 0.0476. The standard InChI is InChI=1S/C21H14N4O6/c1-30-18-10-13(6-8-17(18)31-19-9-7-14(12-22-19)25(28)29)11-23-24-20(26)15-4-2-3-5-16(15)21(24)27/h2-12H,1H3. The summed E-state index contributed by atoms with van der Waals surface area (Å²) in [4.78, 5) is 38.8. The lowest BCUT2D eigenvalue weighted by atomic mass is 10.1. The maximum Gasteiger partial charge on any atom is 0.287 e. The second-order valence-corrected chi connectivity index (χ2v) is 6.34. The molecule has 0 saturated carbocycles. The Balaban J connectivity index is 1.53. The van der Waals surface area contributed by atoms with Crippen LogP contribution in [0.1, 0.15) is 26.3 Å². The molecule has 154 valence electrons. The van der Waals surface area contributed by atoms with E-state index < -0.39 is 16.7 Å². The zero-order valence-electron chi connectivity index (χ0n) is 16.1. The topological polar surface area (TPSA) is 124 Å². The Morgan fingerprint density at radius 1 is 1.03 bits per heavy atom. The fourth-order valence-corrected chi connectivity index (χ4v) is 2.91. The zero-order valence-corrected chi connectivity index (χ0v) is 16.1. The van der Waals surface area contributed by atoms with Gasteiger partial charge in [-0.25, -0.2) is 4.98 Å². The van der Waals surface area contributed by atoms with Gasteiger partial charge in [-0.3, -0.25) is 19.7 Å². The highest BCUT2D eigenvalue weighted by Crippen LogP contribution is 2.32. The predicted octanol–water partition coefficient (Wildman–Crippen LogP) is 3.42. The summed E-state index contributed by atoms with van der Waals surface area (Å²) in [6.07, 6.45) is 2.45. The van der Waals surface area contributed by atoms with Crippen LogP contribution in [-0.2, 0) is 0 Å². The number of benzene rings is 2. The molecule has 0 unspecified atom stereocenters. The van der Waals surface area contributed by atoms with E-state index in [2.05, 4.69) is 10.1 Å². The molecule has 2 amide bonds. The van der Waals surface area contributed by atoms with E-state index in [1.165, 1.54) is 25.5 Å². The normalized spacial score (nSPS) is 12.9. The van der Waals surface area contributed by atoms with Gasteiger partial charge in [-0.15, -0.1) is 0 Å². The molecule has 1 aromatic heterocycles. The molecular weight excluding hydrogens is 404 g/mol. The third kappa shape index (κ3) is 3.81. The van der Waals surface area contributed by atoms with Crippen molar-refractivity contribution in [1.82, 2.24) is 9.99 Å². The summed E-state index contributed by atoms with van der Waals surface area (Å²) >= 11 is 0. The molecule has 3 aromatic rings. The summed E-state index contributed by atoms with van der Waals surface area (Å²) in [5, 5.41) is 15.5. The van der Waals surface area contributed by atoms with Crippen molar-refractivity contribution in [2.45, 2.75) is 0 Å². The number of amides is 2. The van der Waals surface area contributed by atoms with E-state index in [1.54, 1.807) is 42.5 Å². The molecular formula is C21H14N4O6. The molecule has 0 fully saturated rings. The van der Waals surface area contributed by atoms with Crippen LogP contribution in [0.3, 0.4) is 0 Å². The van der Waals surface area contributed by atoms with Gasteiger partial charge in [-0.1, -0.05) is 12.1 Å². The first-order valence-corrected chi connectivity index (χ1v) is 8.96. The van der Waals surface area contributed by atoms with Crippen LogP contribution in [0.5, 0.6) is 17.4 Å². The Hall–Kier alpha value is -4.60. The van der Waals surface area contributed by atoms with Gasteiger partial charge in [0.15, 0.2) is 11.5 Å². The van der Waals surface area contributed by atoms with Crippen LogP contribution in [0.15, 0.2) is 65.9 Å². The number of hydrogen-bond acceptors (Lipinski definition) is 8. The van der Waals surface area contributed by atoms with E-state index in [0.29, 0.717) is 28.2 Å². The van der Waals surface area contributed by atoms with E-state index in [4.69, 9.17) is 9.47 Å². The third-order valence-electron chi connectivity index (χ3n) is 4.43. The molecule has 1 aliphatic heterocycles. The van der Waals surface area contributed by atoms with Crippen LogP contribution < -0.4 is 9.47 Å². The largest absolute Gasteiger partial charge is 0.493 e. The van der Waals surface area contributed by atoms with Gasteiger partial charge in [0.2, 0.25) is 5.88 Å². The number of nitro groups is 1. The van der Waals surface area contributed by atoms with Gasteiger partial charge in [0, 0.05) is 12.1 Å². The lowest BCUT2D eigenvalue weighted by Gasteiger charge is -2.10. The van der Waals surface area contributed by atoms with Gasteiger partial charge in [0.05, 0.1) is 29.4 Å². The highest BCUT2D eigenvalue weighted by Gasteiger charge is 2.35. The smallest absolute Gasteiger partial charge is 0.287 e. The molecule has 10 nitrogen and oxygen atoms in total. The molecule has 0 radical (unpaired) electrons. The SMILES string of the molecule is COc1cc(C=NN2C(=O)c3ccccc3C2=O)ccc1Oc1ccc([N+](=O)[O-])cn1. The molecule has 0 N–H and O–H groups in total. The van der Waals surface area contributed by atoms with Crippen molar-refractivity contribution in [2.75, 3.05) is 7.11 Å². The first-order chi connectivity index (χ1) is 15.0. The fourth-order valence-electron chi connectivity index (χ4n) is 2.91. The first kappa shape index (κ1) is 19.7. The molecule has 2 heterocycles. The maximum atomic E-state index is 12.4. The molecule has 2 aromatic carbocycles. The number of hydrogen-bond donors (Lipinski definition) is 0. The van der Waals surface area contributed by atoms with Crippen molar-refractivity contribution in [3.63, 3.8) is 0 Å². The number of carbonyl (C=O) groups excluding carboxylic acids is 2. The van der Waals surface area contributed by atoms with E-state index in [9.17, 15) is 19.7 Å². The van der Waals surface area contributed by atoms with Crippen molar-refractivity contribution < 1.29 is 24.0 Å². The monoisotopic (exact) mass is 418 g/mol. The number of fused-ring (bicyclic) bond motifs is 1. The second-order valence-electron chi connectivity index (χ2n) is 6.34. The third-order valence-corrected chi connectivity index (χ3v) is 4.43. The Morgan fingerprint density at radius 3 is 2.32 bits per heavy atom. The van der Waals surface area contributed by atoms with Gasteiger partial charge in [0.25, 0.3) is 17.5 Å². The van der Waals surface area contributed by atoms with Crippen molar-refractivity contribution in [3.05, 3.63) is 87.6 Å². The van der Waals surface area contributed by atoms with E-state index >= 15 is 0 Å². The Kier molecular flexibility index (Phi) is 5.10. The number of carbonyl (C=O) groups is 2. The molecule has 0 bridgehead atoms. The molecule has 10 heteroatoms. The second kappa shape index (κ2) is 8.03. The molecule has 1 aliphatic rings. The number of ether oxygens (including phenoxy) is 2. The highest BCUT2D eigenvalue weighted by molar-refractivity contribution is 6.21. The number of nitrogens with zero attached hydrogens (tertiary/aromatic N) is 4. The Morgan fingerprint density at radius 2 is 1.74 bits per heavy atom. The highest BCUT2D eigenvalue weighted by atomic mass is 16.6. The lowest BCUT2D eigenvalue weighted by Crippen LogP contribution is -2.23. The maximum absolute atomic E-state index is 12.4. The van der Waals surface area contributed by atoms with Crippen LogP contribution in [0.2, 0.25) is 0 Å². The van der Waals surface area contributed by atoms with Crippen LogP contribution in [0.25, 0.3) is 0 Å². The Labute approximate surface area is 175 Å². The van der Waals surface area contributed by atoms with Crippen molar-refractivity contribution in [2.24, 2.45) is 5.10 Å². The van der Waals surface area contributed by atoms with Crippen LogP contribution in [0.4, 0.5) is 5.69 Å². The van der Waals surface area contributed by atoms with Crippen molar-refractivity contribution in [1.29, 1.82) is 0 Å². The quantitative estimate of drug-likeness (QED) is 0.260.